The first-order valence-corrected chi connectivity index (χ1v) is 7.62. The smallest absolute Gasteiger partial charge is 0.204 e. The predicted octanol–water partition coefficient (Wildman–Crippen LogP) is 2.27. The van der Waals surface area contributed by atoms with E-state index in [1.54, 1.807) is 23.9 Å². The molecule has 16 heavy (non-hydrogen) atoms. The normalized spacial score (nSPS) is 16.9. The van der Waals surface area contributed by atoms with Crippen LogP contribution in [0.5, 0.6) is 5.75 Å². The minimum absolute atomic E-state index is 0.0571. The van der Waals surface area contributed by atoms with E-state index in [1.807, 2.05) is 6.92 Å². The van der Waals surface area contributed by atoms with E-state index in [0.717, 1.165) is 11.3 Å². The molecular weight excluding hydrogens is 244 g/mol. The lowest BCUT2D eigenvalue weighted by atomic mass is 10.1. The lowest BCUT2D eigenvalue weighted by Gasteiger charge is -2.04. The summed E-state index contributed by atoms with van der Waals surface area (Å²) in [6.07, 6.45) is 0. The topological polar surface area (TPSA) is 54.4 Å². The molecule has 0 radical (unpaired) electrons. The third kappa shape index (κ3) is 1.85. The largest absolute Gasteiger partial charge is 0.507 e. The molecule has 0 bridgehead atoms. The molecule has 0 saturated heterocycles. The van der Waals surface area contributed by atoms with Crippen molar-refractivity contribution in [1.29, 1.82) is 0 Å². The summed E-state index contributed by atoms with van der Waals surface area (Å²) in [5, 5.41) is 10.9. The zero-order valence-electron chi connectivity index (χ0n) is 8.80. The molecule has 1 aliphatic heterocycles. The number of thioether (sulfide) groups is 1. The molecule has 0 aliphatic carbocycles. The Morgan fingerprint density at radius 3 is 2.81 bits per heavy atom. The van der Waals surface area contributed by atoms with Gasteiger partial charge >= 0.3 is 0 Å². The molecule has 1 N–H and O–H groups in total. The molecule has 1 aliphatic rings. The minimum atomic E-state index is -3.44. The first-order chi connectivity index (χ1) is 7.56. The van der Waals surface area contributed by atoms with Crippen LogP contribution < -0.4 is 0 Å². The van der Waals surface area contributed by atoms with Gasteiger partial charge in [-0.05, 0) is 17.4 Å². The second-order valence-corrected chi connectivity index (χ2v) is 6.49. The van der Waals surface area contributed by atoms with Gasteiger partial charge in [-0.25, -0.2) is 8.42 Å². The summed E-state index contributed by atoms with van der Waals surface area (Å²) < 4.78 is 23.6. The van der Waals surface area contributed by atoms with Crippen LogP contribution in [0, 0.1) is 0 Å². The molecule has 0 atom stereocenters. The fraction of sp³-hybridized carbons (Fsp3) is 0.273. The molecule has 86 valence electrons. The van der Waals surface area contributed by atoms with Gasteiger partial charge in [-0.2, -0.15) is 11.8 Å². The summed E-state index contributed by atoms with van der Waals surface area (Å²) >= 11 is 1.66. The average molecular weight is 256 g/mol. The Morgan fingerprint density at radius 1 is 1.38 bits per heavy atom. The van der Waals surface area contributed by atoms with E-state index in [2.05, 4.69) is 0 Å². The van der Waals surface area contributed by atoms with Gasteiger partial charge < -0.3 is 5.11 Å². The molecule has 0 saturated carbocycles. The van der Waals surface area contributed by atoms with Gasteiger partial charge in [0.2, 0.25) is 9.84 Å². The van der Waals surface area contributed by atoms with E-state index in [1.165, 1.54) is 11.5 Å². The predicted molar refractivity (Wildman–Crippen MR) is 66.3 cm³/mol. The maximum atomic E-state index is 11.8. The Hall–Kier alpha value is -0.940. The Balaban J connectivity index is 2.52. The average Bonchev–Trinajstić information content (AvgIpc) is 2.49. The SMILES string of the molecule is CCSCC1=CS(=O)(=O)c2c(O)cccc21. The summed E-state index contributed by atoms with van der Waals surface area (Å²) in [6.45, 7) is 2.03. The zero-order chi connectivity index (χ0) is 11.8. The molecule has 0 aromatic heterocycles. The van der Waals surface area contributed by atoms with Crippen molar-refractivity contribution in [3.05, 3.63) is 29.2 Å². The van der Waals surface area contributed by atoms with Gasteiger partial charge in [-0.15, -0.1) is 0 Å². The Kier molecular flexibility index (Phi) is 2.99. The molecule has 3 nitrogen and oxygen atoms in total. The van der Waals surface area contributed by atoms with Gasteiger partial charge in [0.15, 0.2) is 0 Å². The monoisotopic (exact) mass is 256 g/mol. The molecule has 0 amide bonds. The molecule has 2 rings (SSSR count). The summed E-state index contributed by atoms with van der Waals surface area (Å²) in [5.41, 5.74) is 1.42. The van der Waals surface area contributed by atoms with Crippen molar-refractivity contribution in [2.75, 3.05) is 11.5 Å². The fourth-order valence-electron chi connectivity index (χ4n) is 1.71. The number of rotatable bonds is 3. The summed E-state index contributed by atoms with van der Waals surface area (Å²) in [6, 6.07) is 4.81. The van der Waals surface area contributed by atoms with Crippen molar-refractivity contribution < 1.29 is 13.5 Å². The van der Waals surface area contributed by atoms with Crippen molar-refractivity contribution in [2.45, 2.75) is 11.8 Å². The third-order valence-electron chi connectivity index (χ3n) is 2.38. The lowest BCUT2D eigenvalue weighted by Crippen LogP contribution is -1.93. The summed E-state index contributed by atoms with van der Waals surface area (Å²) in [4.78, 5) is 0.0571. The quantitative estimate of drug-likeness (QED) is 0.901. The van der Waals surface area contributed by atoms with E-state index >= 15 is 0 Å². The van der Waals surface area contributed by atoms with E-state index in [-0.39, 0.29) is 10.6 Å². The number of phenolic OH excluding ortho intramolecular Hbond substituents is 1. The van der Waals surface area contributed by atoms with Crippen LogP contribution >= 0.6 is 11.8 Å². The van der Waals surface area contributed by atoms with Crippen molar-refractivity contribution in [2.24, 2.45) is 0 Å². The van der Waals surface area contributed by atoms with Gasteiger partial charge in [-0.1, -0.05) is 19.1 Å². The van der Waals surface area contributed by atoms with Crippen LogP contribution in [-0.2, 0) is 9.84 Å². The number of sulfone groups is 1. The van der Waals surface area contributed by atoms with Gasteiger partial charge in [0.05, 0.1) is 0 Å². The van der Waals surface area contributed by atoms with Crippen LogP contribution in [0.4, 0.5) is 0 Å². The van der Waals surface area contributed by atoms with Gasteiger partial charge in [0, 0.05) is 16.7 Å². The summed E-state index contributed by atoms with van der Waals surface area (Å²) in [7, 11) is -3.44. The standard InChI is InChI=1S/C11H12O3S2/c1-2-15-6-8-7-16(13,14)11-9(8)4-3-5-10(11)12/h3-5,7,12H,2,6H2,1H3. The van der Waals surface area contributed by atoms with Crippen LogP contribution in [0.1, 0.15) is 12.5 Å². The van der Waals surface area contributed by atoms with Crippen LogP contribution in [0.2, 0.25) is 0 Å². The van der Waals surface area contributed by atoms with Crippen molar-refractivity contribution >= 4 is 27.2 Å². The number of fused-ring (bicyclic) bond motifs is 1. The van der Waals surface area contributed by atoms with Crippen molar-refractivity contribution in [3.8, 4) is 5.75 Å². The number of benzene rings is 1. The Labute approximate surface area is 99.1 Å². The molecular formula is C11H12O3S2. The molecule has 1 aromatic carbocycles. The van der Waals surface area contributed by atoms with Gasteiger partial charge in [0.1, 0.15) is 10.6 Å². The molecule has 0 spiro atoms. The number of aromatic hydroxyl groups is 1. The highest BCUT2D eigenvalue weighted by molar-refractivity contribution is 8.00. The zero-order valence-corrected chi connectivity index (χ0v) is 10.4. The molecule has 0 fully saturated rings. The van der Waals surface area contributed by atoms with E-state index in [9.17, 15) is 13.5 Å². The third-order valence-corrected chi connectivity index (χ3v) is 4.90. The maximum Gasteiger partial charge on any atom is 0.204 e. The maximum absolute atomic E-state index is 11.8. The molecule has 5 heteroatoms. The van der Waals surface area contributed by atoms with Gasteiger partial charge in [-0.3, -0.25) is 0 Å². The second kappa shape index (κ2) is 4.14. The van der Waals surface area contributed by atoms with Crippen molar-refractivity contribution in [3.63, 3.8) is 0 Å². The van der Waals surface area contributed by atoms with Crippen molar-refractivity contribution in [1.82, 2.24) is 0 Å². The molecule has 1 heterocycles. The highest BCUT2D eigenvalue weighted by Crippen LogP contribution is 2.39. The highest BCUT2D eigenvalue weighted by Gasteiger charge is 2.29. The Morgan fingerprint density at radius 2 is 2.12 bits per heavy atom. The number of hydrogen-bond acceptors (Lipinski definition) is 4. The van der Waals surface area contributed by atoms with E-state index in [0.29, 0.717) is 11.3 Å². The van der Waals surface area contributed by atoms with Crippen LogP contribution in [0.15, 0.2) is 28.5 Å². The van der Waals surface area contributed by atoms with E-state index < -0.39 is 9.84 Å². The first-order valence-electron chi connectivity index (χ1n) is 4.92. The highest BCUT2D eigenvalue weighted by atomic mass is 32.2. The number of phenols is 1. The first kappa shape index (κ1) is 11.5. The lowest BCUT2D eigenvalue weighted by molar-refractivity contribution is 0.459. The van der Waals surface area contributed by atoms with Crippen LogP contribution in [0.3, 0.4) is 0 Å². The minimum Gasteiger partial charge on any atom is -0.507 e. The summed E-state index contributed by atoms with van der Waals surface area (Å²) in [5.74, 6) is 1.43. The van der Waals surface area contributed by atoms with Crippen LogP contribution in [-0.4, -0.2) is 25.0 Å². The Bertz CT molecular complexity index is 544. The number of hydrogen-bond donors (Lipinski definition) is 1. The van der Waals surface area contributed by atoms with Gasteiger partial charge in [0.25, 0.3) is 0 Å². The molecule has 1 aromatic rings. The van der Waals surface area contributed by atoms with Crippen LogP contribution in [0.25, 0.3) is 5.57 Å². The second-order valence-electron chi connectivity index (χ2n) is 3.48. The fourth-order valence-corrected chi connectivity index (χ4v) is 4.05. The van der Waals surface area contributed by atoms with E-state index in [4.69, 9.17) is 0 Å². The molecule has 0 unspecified atom stereocenters.